The third-order valence-corrected chi connectivity index (χ3v) is 4.34. The van der Waals surface area contributed by atoms with Gasteiger partial charge in [0.05, 0.1) is 8.48 Å². The van der Waals surface area contributed by atoms with Crippen molar-refractivity contribution in [1.29, 1.82) is 5.26 Å². The Morgan fingerprint density at radius 3 is 2.80 bits per heavy atom. The lowest BCUT2D eigenvalue weighted by atomic mass is 10.2. The van der Waals surface area contributed by atoms with Gasteiger partial charge >= 0.3 is 0 Å². The molecule has 1 saturated heterocycles. The highest BCUT2D eigenvalue weighted by atomic mass is 127. The van der Waals surface area contributed by atoms with Crippen molar-refractivity contribution in [3.05, 3.63) is 32.2 Å². The van der Waals surface area contributed by atoms with E-state index in [9.17, 15) is 9.59 Å². The summed E-state index contributed by atoms with van der Waals surface area (Å²) in [5, 5.41) is 8.20. The lowest BCUT2D eigenvalue weighted by molar-refractivity contribution is -0.121. The molecule has 0 N–H and O–H groups in total. The van der Waals surface area contributed by atoms with Crippen molar-refractivity contribution in [3.8, 4) is 11.8 Å². The van der Waals surface area contributed by atoms with Crippen LogP contribution in [0.25, 0.3) is 6.08 Å². The van der Waals surface area contributed by atoms with Crippen LogP contribution in [-0.4, -0.2) is 29.7 Å². The van der Waals surface area contributed by atoms with Crippen LogP contribution >= 0.6 is 34.4 Å². The molecule has 0 spiro atoms. The largest absolute Gasteiger partial charge is 0.478 e. The van der Waals surface area contributed by atoms with Crippen LogP contribution < -0.4 is 4.74 Å². The summed E-state index contributed by atoms with van der Waals surface area (Å²) >= 11 is 3.02. The van der Waals surface area contributed by atoms with Crippen LogP contribution in [0.5, 0.6) is 5.75 Å². The van der Waals surface area contributed by atoms with Crippen LogP contribution in [0.1, 0.15) is 5.56 Å². The molecule has 0 atom stereocenters. The number of benzene rings is 1. The summed E-state index contributed by atoms with van der Waals surface area (Å²) in [4.78, 5) is 24.7. The quantitative estimate of drug-likeness (QED) is 0.577. The smallest absolute Gasteiger partial charge is 0.293 e. The van der Waals surface area contributed by atoms with Crippen LogP contribution in [0, 0.1) is 14.9 Å². The number of hydrogen-bond acceptors (Lipinski definition) is 5. The number of hydrogen-bond donors (Lipinski definition) is 0. The lowest BCUT2D eigenvalue weighted by Gasteiger charge is -2.05. The molecule has 0 aliphatic carbocycles. The molecule has 2 rings (SSSR count). The topological polar surface area (TPSA) is 70.4 Å². The Hall–Kier alpha value is -1.53. The predicted octanol–water partition coefficient (Wildman–Crippen LogP) is 2.86. The van der Waals surface area contributed by atoms with E-state index < -0.39 is 0 Å². The second-order valence-corrected chi connectivity index (χ2v) is 6.03. The molecular formula is C13H9IN2O3S. The van der Waals surface area contributed by atoms with Crippen molar-refractivity contribution in [2.45, 2.75) is 0 Å². The predicted molar refractivity (Wildman–Crippen MR) is 84.0 cm³/mol. The fraction of sp³-hybridized carbons (Fsp3) is 0.154. The Balaban J connectivity index is 2.23. The van der Waals surface area contributed by atoms with E-state index in [1.54, 1.807) is 18.2 Å². The number of nitrogens with zero attached hydrogens (tertiary/aromatic N) is 2. The molecule has 2 amide bonds. The third kappa shape index (κ3) is 3.13. The number of rotatable bonds is 3. The van der Waals surface area contributed by atoms with Gasteiger partial charge in [0, 0.05) is 7.05 Å². The summed E-state index contributed by atoms with van der Waals surface area (Å²) < 4.78 is 6.08. The fourth-order valence-corrected chi connectivity index (χ4v) is 3.05. The van der Waals surface area contributed by atoms with E-state index in [1.165, 1.54) is 7.05 Å². The van der Waals surface area contributed by atoms with Crippen LogP contribution in [0.3, 0.4) is 0 Å². The van der Waals surface area contributed by atoms with E-state index in [4.69, 9.17) is 10.00 Å². The Kier molecular flexibility index (Phi) is 4.67. The molecule has 7 heteroatoms. The van der Waals surface area contributed by atoms with E-state index in [0.29, 0.717) is 10.7 Å². The van der Waals surface area contributed by atoms with E-state index in [0.717, 1.165) is 25.8 Å². The summed E-state index contributed by atoms with van der Waals surface area (Å²) in [6.07, 6.45) is 1.67. The van der Waals surface area contributed by atoms with Gasteiger partial charge in [0.15, 0.2) is 6.61 Å². The molecule has 1 fully saturated rings. The fourth-order valence-electron chi connectivity index (χ4n) is 1.53. The Labute approximate surface area is 133 Å². The van der Waals surface area contributed by atoms with Gasteiger partial charge in [-0.25, -0.2) is 0 Å². The van der Waals surface area contributed by atoms with Crippen LogP contribution in [0.4, 0.5) is 4.79 Å². The van der Waals surface area contributed by atoms with Crippen molar-refractivity contribution in [2.75, 3.05) is 13.7 Å². The van der Waals surface area contributed by atoms with Gasteiger partial charge in [-0.2, -0.15) is 5.26 Å². The first kappa shape index (κ1) is 14.9. The van der Waals surface area contributed by atoms with Crippen LogP contribution in [0.2, 0.25) is 0 Å². The van der Waals surface area contributed by atoms with Gasteiger partial charge in [-0.1, -0.05) is 6.07 Å². The number of imide groups is 1. The van der Waals surface area contributed by atoms with E-state index >= 15 is 0 Å². The number of nitriles is 1. The molecule has 1 heterocycles. The van der Waals surface area contributed by atoms with E-state index in [-0.39, 0.29) is 17.8 Å². The molecule has 102 valence electrons. The Bertz CT molecular complexity index is 652. The first-order valence-corrected chi connectivity index (χ1v) is 7.43. The van der Waals surface area contributed by atoms with E-state index in [1.807, 2.05) is 12.1 Å². The van der Waals surface area contributed by atoms with E-state index in [2.05, 4.69) is 22.6 Å². The average Bonchev–Trinajstić information content (AvgIpc) is 2.65. The highest BCUT2D eigenvalue weighted by Crippen LogP contribution is 2.32. The summed E-state index contributed by atoms with van der Waals surface area (Å²) in [5.74, 6) is 0.327. The number of carbonyl (C=O) groups excluding carboxylic acids is 2. The molecule has 20 heavy (non-hydrogen) atoms. The number of thioether (sulfide) groups is 1. The Morgan fingerprint density at radius 1 is 1.50 bits per heavy atom. The van der Waals surface area contributed by atoms with Gasteiger partial charge in [-0.15, -0.1) is 0 Å². The van der Waals surface area contributed by atoms with Gasteiger partial charge in [-0.05, 0) is 58.1 Å². The average molecular weight is 400 g/mol. The van der Waals surface area contributed by atoms with Crippen molar-refractivity contribution in [2.24, 2.45) is 0 Å². The minimum absolute atomic E-state index is 0.00985. The van der Waals surface area contributed by atoms with Crippen molar-refractivity contribution in [1.82, 2.24) is 4.90 Å². The molecule has 1 aromatic carbocycles. The molecule has 0 aromatic heterocycles. The van der Waals surface area contributed by atoms with Gasteiger partial charge in [-0.3, -0.25) is 14.5 Å². The molecule has 1 aliphatic rings. The molecular weight excluding hydrogens is 391 g/mol. The molecule has 1 aliphatic heterocycles. The standard InChI is InChI=1S/C13H9IN2O3S/c1-16-12(17)11(20-13(16)18)7-8-2-3-10(9(14)6-8)19-5-4-15/h2-3,6-7H,5H2,1H3/b11-7-. The van der Waals surface area contributed by atoms with Crippen LogP contribution in [-0.2, 0) is 4.79 Å². The van der Waals surface area contributed by atoms with Crippen molar-refractivity contribution in [3.63, 3.8) is 0 Å². The van der Waals surface area contributed by atoms with Crippen molar-refractivity contribution < 1.29 is 14.3 Å². The maximum atomic E-state index is 11.8. The third-order valence-electron chi connectivity index (χ3n) is 2.53. The Morgan fingerprint density at radius 2 is 2.25 bits per heavy atom. The van der Waals surface area contributed by atoms with Gasteiger partial charge < -0.3 is 4.74 Å². The minimum Gasteiger partial charge on any atom is -0.478 e. The van der Waals surface area contributed by atoms with Crippen molar-refractivity contribution >= 4 is 51.6 Å². The second kappa shape index (κ2) is 6.28. The monoisotopic (exact) mass is 400 g/mol. The summed E-state index contributed by atoms with van der Waals surface area (Å²) in [5.41, 5.74) is 0.803. The highest BCUT2D eigenvalue weighted by molar-refractivity contribution is 14.1. The minimum atomic E-state index is -0.292. The lowest BCUT2D eigenvalue weighted by Crippen LogP contribution is -2.22. The maximum Gasteiger partial charge on any atom is 0.293 e. The molecule has 1 aromatic rings. The van der Waals surface area contributed by atoms with Crippen LogP contribution in [0.15, 0.2) is 23.1 Å². The summed E-state index contributed by atoms with van der Waals surface area (Å²) in [7, 11) is 1.46. The summed E-state index contributed by atoms with van der Waals surface area (Å²) in [6.45, 7) is -0.00985. The number of halogens is 1. The first-order valence-electron chi connectivity index (χ1n) is 5.54. The molecule has 0 unspecified atom stereocenters. The second-order valence-electron chi connectivity index (χ2n) is 3.88. The molecule has 0 saturated carbocycles. The molecule has 5 nitrogen and oxygen atoms in total. The zero-order valence-electron chi connectivity index (χ0n) is 10.4. The normalized spacial score (nSPS) is 16.6. The highest BCUT2D eigenvalue weighted by Gasteiger charge is 2.31. The maximum absolute atomic E-state index is 11.8. The number of amides is 2. The number of ether oxygens (including phenoxy) is 1. The van der Waals surface area contributed by atoms with Gasteiger partial charge in [0.1, 0.15) is 11.8 Å². The summed E-state index contributed by atoms with van der Waals surface area (Å²) in [6, 6.07) is 7.25. The van der Waals surface area contributed by atoms with Gasteiger partial charge in [0.25, 0.3) is 11.1 Å². The zero-order valence-corrected chi connectivity index (χ0v) is 13.4. The number of carbonyl (C=O) groups is 2. The zero-order chi connectivity index (χ0) is 14.7. The first-order chi connectivity index (χ1) is 9.52. The molecule has 0 bridgehead atoms. The van der Waals surface area contributed by atoms with Gasteiger partial charge in [0.2, 0.25) is 0 Å². The number of likely N-dealkylation sites (N-methyl/N-ethyl adjacent to an activating group) is 1. The SMILES string of the molecule is CN1C(=O)S/C(=C\c2ccc(OCC#N)c(I)c2)C1=O. The molecule has 0 radical (unpaired) electrons.